The van der Waals surface area contributed by atoms with E-state index in [2.05, 4.69) is 15.5 Å². The predicted octanol–water partition coefficient (Wildman–Crippen LogP) is -0.0478. The number of esters is 1. The number of nitrogens with zero attached hydrogens (tertiary/aromatic N) is 5. The molecular formula is C18H19N7O4S2. The summed E-state index contributed by atoms with van der Waals surface area (Å²) < 4.78 is 7.07. The van der Waals surface area contributed by atoms with Crippen LogP contribution in [0, 0.1) is 0 Å². The summed E-state index contributed by atoms with van der Waals surface area (Å²) in [5.41, 5.74) is 12.5. The average Bonchev–Trinajstić information content (AvgIpc) is 3.16. The molecule has 4 rings (SSSR count). The van der Waals surface area contributed by atoms with Crippen molar-refractivity contribution in [2.45, 2.75) is 23.0 Å². The number of hydrogen-bond acceptors (Lipinski definition) is 10. The second-order valence-electron chi connectivity index (χ2n) is 6.90. The van der Waals surface area contributed by atoms with Crippen molar-refractivity contribution in [2.24, 2.45) is 18.5 Å². The molecule has 3 heterocycles. The van der Waals surface area contributed by atoms with Gasteiger partial charge in [-0.15, -0.1) is 16.9 Å². The number of carbonyl (C=O) groups is 3. The zero-order valence-electron chi connectivity index (χ0n) is 16.4. The van der Waals surface area contributed by atoms with Crippen molar-refractivity contribution in [2.75, 3.05) is 11.5 Å². The molecule has 2 amide bonds. The molecule has 0 spiro atoms. The molecule has 1 saturated heterocycles. The summed E-state index contributed by atoms with van der Waals surface area (Å²) in [5.74, 6) is -0.0768. The van der Waals surface area contributed by atoms with Crippen LogP contribution in [-0.2, 0) is 21.4 Å². The summed E-state index contributed by atoms with van der Waals surface area (Å²) in [6, 6.07) is 5.25. The molecule has 2 atom stereocenters. The molecule has 0 saturated carbocycles. The van der Waals surface area contributed by atoms with Gasteiger partial charge in [0.25, 0.3) is 0 Å². The van der Waals surface area contributed by atoms with Crippen molar-refractivity contribution in [3.63, 3.8) is 0 Å². The Kier molecular flexibility index (Phi) is 5.98. The van der Waals surface area contributed by atoms with Crippen LogP contribution in [0.1, 0.15) is 18.0 Å². The van der Waals surface area contributed by atoms with Gasteiger partial charge in [0, 0.05) is 18.6 Å². The van der Waals surface area contributed by atoms with Crippen molar-refractivity contribution < 1.29 is 19.1 Å². The number of thioether (sulfide) groups is 2. The molecule has 1 aromatic heterocycles. The molecule has 11 nitrogen and oxygen atoms in total. The van der Waals surface area contributed by atoms with Crippen LogP contribution in [0.4, 0.5) is 0 Å². The molecule has 4 N–H and O–H groups in total. The third-order valence-corrected chi connectivity index (χ3v) is 7.21. The highest BCUT2D eigenvalue weighted by atomic mass is 32.2. The van der Waals surface area contributed by atoms with E-state index in [9.17, 15) is 14.4 Å². The highest BCUT2D eigenvalue weighted by molar-refractivity contribution is 8.00. The molecule has 0 radical (unpaired) electrons. The van der Waals surface area contributed by atoms with E-state index in [-0.39, 0.29) is 22.7 Å². The molecule has 0 aliphatic carbocycles. The first kappa shape index (κ1) is 21.3. The van der Waals surface area contributed by atoms with Crippen LogP contribution in [0.5, 0.6) is 5.75 Å². The van der Waals surface area contributed by atoms with E-state index in [1.807, 2.05) is 0 Å². The van der Waals surface area contributed by atoms with Gasteiger partial charge in [0.05, 0.1) is 11.8 Å². The monoisotopic (exact) mass is 461 g/mol. The van der Waals surface area contributed by atoms with E-state index in [1.54, 1.807) is 30.9 Å². The molecule has 2 aliphatic heterocycles. The first-order valence-corrected chi connectivity index (χ1v) is 11.3. The fraction of sp³-hybridized carbons (Fsp3) is 0.333. The van der Waals surface area contributed by atoms with Gasteiger partial charge in [0.2, 0.25) is 17.0 Å². The van der Waals surface area contributed by atoms with Crippen molar-refractivity contribution in [1.29, 1.82) is 0 Å². The smallest absolute Gasteiger partial charge is 0.360 e. The fourth-order valence-corrected chi connectivity index (χ4v) is 5.39. The highest BCUT2D eigenvalue weighted by Gasteiger charge is 2.45. The second kappa shape index (κ2) is 8.69. The normalized spacial score (nSPS) is 19.0. The van der Waals surface area contributed by atoms with Crippen LogP contribution in [-0.4, -0.2) is 59.8 Å². The lowest BCUT2D eigenvalue weighted by Gasteiger charge is -2.44. The van der Waals surface area contributed by atoms with E-state index < -0.39 is 17.9 Å². The first-order chi connectivity index (χ1) is 14.8. The van der Waals surface area contributed by atoms with Gasteiger partial charge in [0.1, 0.15) is 17.5 Å². The molecule has 162 valence electrons. The van der Waals surface area contributed by atoms with Crippen LogP contribution in [0.25, 0.3) is 0 Å². The average molecular weight is 462 g/mol. The van der Waals surface area contributed by atoms with Crippen molar-refractivity contribution in [3.8, 4) is 5.75 Å². The third-order valence-electron chi connectivity index (χ3n) is 4.84. The largest absolute Gasteiger partial charge is 0.422 e. The number of aromatic nitrogens is 4. The van der Waals surface area contributed by atoms with Crippen molar-refractivity contribution in [1.82, 2.24) is 25.1 Å². The van der Waals surface area contributed by atoms with Crippen LogP contribution in [0.15, 0.2) is 40.7 Å². The number of amides is 2. The maximum absolute atomic E-state index is 13.0. The number of ether oxygens (including phenoxy) is 1. The van der Waals surface area contributed by atoms with Gasteiger partial charge in [-0.05, 0) is 33.7 Å². The van der Waals surface area contributed by atoms with Crippen LogP contribution in [0.3, 0.4) is 0 Å². The fourth-order valence-electron chi connectivity index (χ4n) is 3.14. The minimum Gasteiger partial charge on any atom is -0.422 e. The lowest BCUT2D eigenvalue weighted by Crippen LogP contribution is -2.54. The number of aryl methyl sites for hydroxylation is 1. The SMILES string of the molecule is Cn1nnnc1SCC1=C(C(=O)Oc2ccc(C(N)C(N)=O)cc2)N2C(=O)C[C@@H]2SC1. The Labute approximate surface area is 185 Å². The zero-order chi connectivity index (χ0) is 22.1. The van der Waals surface area contributed by atoms with Crippen molar-refractivity contribution >= 4 is 41.3 Å². The van der Waals surface area contributed by atoms with Crippen LogP contribution < -0.4 is 16.2 Å². The minimum absolute atomic E-state index is 0.0590. The predicted molar refractivity (Wildman–Crippen MR) is 112 cm³/mol. The van der Waals surface area contributed by atoms with Gasteiger partial charge in [0.15, 0.2) is 0 Å². The Morgan fingerprint density at radius 1 is 1.35 bits per heavy atom. The lowest BCUT2D eigenvalue weighted by molar-refractivity contribution is -0.145. The Morgan fingerprint density at radius 3 is 2.71 bits per heavy atom. The Bertz CT molecular complexity index is 1070. The molecule has 31 heavy (non-hydrogen) atoms. The number of primary amides is 1. The van der Waals surface area contributed by atoms with Gasteiger partial charge in [-0.25, -0.2) is 9.48 Å². The maximum atomic E-state index is 13.0. The Morgan fingerprint density at radius 2 is 2.10 bits per heavy atom. The van der Waals surface area contributed by atoms with E-state index in [4.69, 9.17) is 16.2 Å². The second-order valence-corrected chi connectivity index (χ2v) is 9.01. The quantitative estimate of drug-likeness (QED) is 0.248. The molecule has 13 heteroatoms. The number of rotatable bonds is 7. The van der Waals surface area contributed by atoms with E-state index >= 15 is 0 Å². The molecule has 2 aromatic rings. The minimum atomic E-state index is -0.943. The number of β-lactam (4-membered cyclic amide) rings is 1. The van der Waals surface area contributed by atoms with Crippen LogP contribution in [0.2, 0.25) is 0 Å². The molecular weight excluding hydrogens is 442 g/mol. The Hall–Kier alpha value is -2.90. The maximum Gasteiger partial charge on any atom is 0.360 e. The summed E-state index contributed by atoms with van der Waals surface area (Å²) in [5, 5.41) is 11.9. The van der Waals surface area contributed by atoms with Crippen molar-refractivity contribution in [3.05, 3.63) is 41.1 Å². The number of hydrogen-bond donors (Lipinski definition) is 2. The third kappa shape index (κ3) is 4.29. The number of benzene rings is 1. The summed E-state index contributed by atoms with van der Waals surface area (Å²) in [6.45, 7) is 0. The number of nitrogens with two attached hydrogens (primary N) is 2. The molecule has 1 fully saturated rings. The Balaban J connectivity index is 1.54. The summed E-state index contributed by atoms with van der Waals surface area (Å²) in [7, 11) is 1.73. The highest BCUT2D eigenvalue weighted by Crippen LogP contribution is 2.41. The van der Waals surface area contributed by atoms with Gasteiger partial charge in [-0.3, -0.25) is 14.5 Å². The summed E-state index contributed by atoms with van der Waals surface area (Å²) in [4.78, 5) is 38.0. The van der Waals surface area contributed by atoms with Gasteiger partial charge in [-0.1, -0.05) is 23.9 Å². The summed E-state index contributed by atoms with van der Waals surface area (Å²) in [6.07, 6.45) is 0.398. The molecule has 1 unspecified atom stereocenters. The lowest BCUT2D eigenvalue weighted by atomic mass is 10.1. The summed E-state index contributed by atoms with van der Waals surface area (Å²) >= 11 is 2.99. The molecule has 0 bridgehead atoms. The standard InChI is InChI=1S/C18H19N7O4S2/c1-24-18(21-22-23-24)31-8-10-7-30-13-6-12(26)25(13)15(10)17(28)29-11-4-2-9(3-5-11)14(19)16(20)27/h2-5,13-14H,6-8,19H2,1H3,(H2,20,27)/t13-,14?/m0/s1. The first-order valence-electron chi connectivity index (χ1n) is 9.23. The molecule has 2 aliphatic rings. The number of fused-ring (bicyclic) bond motifs is 1. The molecule has 1 aromatic carbocycles. The van der Waals surface area contributed by atoms with Crippen LogP contribution >= 0.6 is 23.5 Å². The topological polar surface area (TPSA) is 159 Å². The van der Waals surface area contributed by atoms with E-state index in [0.29, 0.717) is 28.6 Å². The zero-order valence-corrected chi connectivity index (χ0v) is 18.1. The van der Waals surface area contributed by atoms with Gasteiger partial charge < -0.3 is 16.2 Å². The number of carbonyl (C=O) groups excluding carboxylic acids is 3. The van der Waals surface area contributed by atoms with E-state index in [0.717, 1.165) is 5.57 Å². The van der Waals surface area contributed by atoms with Gasteiger partial charge >= 0.3 is 5.97 Å². The number of tetrazole rings is 1. The van der Waals surface area contributed by atoms with Gasteiger partial charge in [-0.2, -0.15) is 0 Å². The van der Waals surface area contributed by atoms with E-state index in [1.165, 1.54) is 33.5 Å².